The van der Waals surface area contributed by atoms with Gasteiger partial charge in [0.15, 0.2) is 5.03 Å². The smallest absolute Gasteiger partial charge is 0.263 e. The second kappa shape index (κ2) is 5.53. The third-order valence-corrected chi connectivity index (χ3v) is 6.33. The van der Waals surface area contributed by atoms with E-state index in [0.717, 1.165) is 17.7 Å². The second-order valence-electron chi connectivity index (χ2n) is 5.15. The lowest BCUT2D eigenvalue weighted by molar-refractivity contribution is 0.277. The van der Waals surface area contributed by atoms with Crippen LogP contribution in [0.5, 0.6) is 0 Å². The molecule has 1 aliphatic carbocycles. The molecule has 8 heteroatoms. The number of aliphatic hydroxyl groups is 1. The molecule has 0 unspecified atom stereocenters. The minimum Gasteiger partial charge on any atom is -0.392 e. The van der Waals surface area contributed by atoms with Crippen LogP contribution in [0, 0.1) is 6.92 Å². The van der Waals surface area contributed by atoms with Crippen molar-refractivity contribution in [3.05, 3.63) is 33.6 Å². The number of thiophene rings is 1. The highest BCUT2D eigenvalue weighted by atomic mass is 32.2. The molecule has 6 nitrogen and oxygen atoms in total. The van der Waals surface area contributed by atoms with Crippen LogP contribution in [0.4, 0.5) is 0 Å². The number of aromatic nitrogens is 2. The first-order valence-electron chi connectivity index (χ1n) is 6.73. The Kier molecular flexibility index (Phi) is 3.87. The molecular formula is C13H17N3O3S2. The largest absolute Gasteiger partial charge is 0.392 e. The van der Waals surface area contributed by atoms with Gasteiger partial charge in [-0.3, -0.25) is 5.10 Å². The highest BCUT2D eigenvalue weighted by molar-refractivity contribution is 7.89. The van der Waals surface area contributed by atoms with Crippen LogP contribution in [0.2, 0.25) is 0 Å². The van der Waals surface area contributed by atoms with E-state index in [1.165, 1.54) is 15.6 Å². The number of aryl methyl sites for hydroxylation is 1. The normalized spacial score (nSPS) is 15.8. The van der Waals surface area contributed by atoms with Gasteiger partial charge in [0.2, 0.25) is 0 Å². The topological polar surface area (TPSA) is 86.3 Å². The van der Waals surface area contributed by atoms with E-state index in [-0.39, 0.29) is 17.7 Å². The van der Waals surface area contributed by atoms with Gasteiger partial charge in [0.1, 0.15) is 0 Å². The van der Waals surface area contributed by atoms with Gasteiger partial charge < -0.3 is 5.11 Å². The fourth-order valence-corrected chi connectivity index (χ4v) is 4.88. The number of aromatic amines is 1. The van der Waals surface area contributed by atoms with Crippen LogP contribution in [0.25, 0.3) is 0 Å². The zero-order chi connectivity index (χ0) is 15.0. The lowest BCUT2D eigenvalue weighted by Crippen LogP contribution is -2.33. The Bertz CT molecular complexity index is 718. The molecule has 1 fully saturated rings. The Balaban J connectivity index is 1.97. The predicted molar refractivity (Wildman–Crippen MR) is 79.3 cm³/mol. The number of nitrogens with zero attached hydrogens (tertiary/aromatic N) is 2. The zero-order valence-corrected chi connectivity index (χ0v) is 13.2. The van der Waals surface area contributed by atoms with Crippen LogP contribution in [0.3, 0.4) is 0 Å². The number of H-pyrrole nitrogens is 1. The molecular weight excluding hydrogens is 310 g/mol. The molecule has 3 rings (SSSR count). The number of hydrogen-bond acceptors (Lipinski definition) is 5. The molecule has 0 amide bonds. The average molecular weight is 327 g/mol. The van der Waals surface area contributed by atoms with Gasteiger partial charge in [-0.15, -0.1) is 11.3 Å². The Labute approximate surface area is 127 Å². The summed E-state index contributed by atoms with van der Waals surface area (Å²) in [6.45, 7) is 1.73. The summed E-state index contributed by atoms with van der Waals surface area (Å²) in [5.41, 5.74) is 0.940. The third-order valence-electron chi connectivity index (χ3n) is 3.59. The summed E-state index contributed by atoms with van der Waals surface area (Å²) in [4.78, 5) is 1.00. The molecule has 0 aromatic carbocycles. The highest BCUT2D eigenvalue weighted by Crippen LogP contribution is 2.34. The van der Waals surface area contributed by atoms with E-state index in [2.05, 4.69) is 10.2 Å². The minimum absolute atomic E-state index is 0.0423. The predicted octanol–water partition coefficient (Wildman–Crippen LogP) is 1.63. The molecule has 0 aliphatic heterocycles. The molecule has 114 valence electrons. The van der Waals surface area contributed by atoms with Crippen molar-refractivity contribution >= 4 is 21.4 Å². The van der Waals surface area contributed by atoms with Crippen LogP contribution < -0.4 is 0 Å². The fraction of sp³-hybridized carbons (Fsp3) is 0.462. The number of hydrogen-bond donors (Lipinski definition) is 2. The molecule has 0 saturated heterocycles. The maximum absolute atomic E-state index is 12.9. The van der Waals surface area contributed by atoms with Crippen molar-refractivity contribution in [2.24, 2.45) is 0 Å². The molecule has 2 N–H and O–H groups in total. The zero-order valence-electron chi connectivity index (χ0n) is 11.6. The van der Waals surface area contributed by atoms with E-state index in [1.54, 1.807) is 6.92 Å². The van der Waals surface area contributed by atoms with E-state index in [0.29, 0.717) is 17.8 Å². The lowest BCUT2D eigenvalue weighted by atomic mass is 10.3. The van der Waals surface area contributed by atoms with Gasteiger partial charge in [-0.05, 0) is 31.2 Å². The van der Waals surface area contributed by atoms with E-state index in [1.807, 2.05) is 17.5 Å². The van der Waals surface area contributed by atoms with Gasteiger partial charge in [-0.2, -0.15) is 9.40 Å². The second-order valence-corrected chi connectivity index (χ2v) is 7.99. The molecule has 21 heavy (non-hydrogen) atoms. The first-order valence-corrected chi connectivity index (χ1v) is 9.05. The van der Waals surface area contributed by atoms with Gasteiger partial charge in [0, 0.05) is 28.7 Å². The Morgan fingerprint density at radius 2 is 2.29 bits per heavy atom. The van der Waals surface area contributed by atoms with Crippen molar-refractivity contribution in [1.29, 1.82) is 0 Å². The summed E-state index contributed by atoms with van der Waals surface area (Å²) in [5, 5.41) is 17.9. The fourth-order valence-electron chi connectivity index (χ4n) is 2.27. The van der Waals surface area contributed by atoms with Crippen LogP contribution >= 0.6 is 11.3 Å². The van der Waals surface area contributed by atoms with Crippen LogP contribution in [0.15, 0.2) is 22.5 Å². The molecule has 2 aromatic rings. The van der Waals surface area contributed by atoms with Gasteiger partial charge >= 0.3 is 0 Å². The molecule has 0 radical (unpaired) electrons. The summed E-state index contributed by atoms with van der Waals surface area (Å²) in [6, 6.07) is 3.88. The van der Waals surface area contributed by atoms with E-state index >= 15 is 0 Å². The monoisotopic (exact) mass is 327 g/mol. The lowest BCUT2D eigenvalue weighted by Gasteiger charge is -2.20. The van der Waals surface area contributed by atoms with Crippen molar-refractivity contribution < 1.29 is 13.5 Å². The van der Waals surface area contributed by atoms with Gasteiger partial charge in [0.05, 0.1) is 6.61 Å². The van der Waals surface area contributed by atoms with Crippen LogP contribution in [0.1, 0.15) is 29.0 Å². The van der Waals surface area contributed by atoms with Crippen molar-refractivity contribution in [3.8, 4) is 0 Å². The SMILES string of the molecule is Cc1[nH]nc(S(=O)(=O)N(Cc2cccs2)C2CC2)c1CO. The molecule has 0 bridgehead atoms. The van der Waals surface area contributed by atoms with E-state index in [9.17, 15) is 13.5 Å². The van der Waals surface area contributed by atoms with Gasteiger partial charge in [-0.25, -0.2) is 8.42 Å². The van der Waals surface area contributed by atoms with Crippen molar-refractivity contribution in [2.75, 3.05) is 0 Å². The Morgan fingerprint density at radius 3 is 2.86 bits per heavy atom. The summed E-state index contributed by atoms with van der Waals surface area (Å²) in [5.74, 6) is 0. The first-order chi connectivity index (χ1) is 10.0. The molecule has 0 spiro atoms. The van der Waals surface area contributed by atoms with Crippen LogP contribution in [-0.2, 0) is 23.2 Å². The van der Waals surface area contributed by atoms with E-state index in [4.69, 9.17) is 0 Å². The average Bonchev–Trinajstić information content (AvgIpc) is 3.00. The molecule has 0 atom stereocenters. The number of rotatable bonds is 6. The van der Waals surface area contributed by atoms with Gasteiger partial charge in [0.25, 0.3) is 10.0 Å². The highest BCUT2D eigenvalue weighted by Gasteiger charge is 2.40. The summed E-state index contributed by atoms with van der Waals surface area (Å²) < 4.78 is 27.2. The standard InChI is InChI=1S/C13H17N3O3S2/c1-9-12(8-17)13(15-14-9)21(18,19)16(10-4-5-10)7-11-3-2-6-20-11/h2-3,6,10,17H,4-5,7-8H2,1H3,(H,14,15). The van der Waals surface area contributed by atoms with Gasteiger partial charge in [-0.1, -0.05) is 6.07 Å². The van der Waals surface area contributed by atoms with Crippen molar-refractivity contribution in [3.63, 3.8) is 0 Å². The summed E-state index contributed by atoms with van der Waals surface area (Å²) in [6.07, 6.45) is 1.75. The molecule has 1 saturated carbocycles. The van der Waals surface area contributed by atoms with Crippen molar-refractivity contribution in [1.82, 2.24) is 14.5 Å². The van der Waals surface area contributed by atoms with Crippen molar-refractivity contribution in [2.45, 2.75) is 44.0 Å². The first kappa shape index (κ1) is 14.7. The number of sulfonamides is 1. The number of aliphatic hydroxyl groups excluding tert-OH is 1. The molecule has 2 heterocycles. The maximum Gasteiger partial charge on any atom is 0.263 e. The van der Waals surface area contributed by atoms with Crippen LogP contribution in [-0.4, -0.2) is 34.1 Å². The quantitative estimate of drug-likeness (QED) is 0.844. The molecule has 2 aromatic heterocycles. The Hall–Kier alpha value is -1.22. The minimum atomic E-state index is -3.70. The van der Waals surface area contributed by atoms with E-state index < -0.39 is 10.0 Å². The molecule has 1 aliphatic rings. The summed E-state index contributed by atoms with van der Waals surface area (Å²) in [7, 11) is -3.70. The third kappa shape index (κ3) is 2.76. The Morgan fingerprint density at radius 1 is 1.52 bits per heavy atom. The maximum atomic E-state index is 12.9. The number of nitrogens with one attached hydrogen (secondary N) is 1. The summed E-state index contributed by atoms with van der Waals surface area (Å²) >= 11 is 1.54.